The van der Waals surface area contributed by atoms with Crippen LogP contribution < -0.4 is 4.74 Å². The number of aryl methyl sites for hydroxylation is 1. The van der Waals surface area contributed by atoms with Gasteiger partial charge in [0.1, 0.15) is 5.76 Å². The summed E-state index contributed by atoms with van der Waals surface area (Å²) in [5.74, 6) is -2.69. The highest BCUT2D eigenvalue weighted by Gasteiger charge is 2.46. The number of Topliss-reactive ketones (excluding diaryl/α,β-unsaturated/α-hetero) is 1. The number of likely N-dealkylation sites (tertiary alicyclic amines) is 1. The van der Waals surface area contributed by atoms with Crippen molar-refractivity contribution in [3.8, 4) is 5.75 Å². The lowest BCUT2D eigenvalue weighted by Crippen LogP contribution is -2.29. The first-order valence-corrected chi connectivity index (χ1v) is 9.98. The Kier molecular flexibility index (Phi) is 5.73. The highest BCUT2D eigenvalue weighted by molar-refractivity contribution is 6.46. The van der Waals surface area contributed by atoms with Crippen LogP contribution in [0.4, 0.5) is 4.39 Å². The summed E-state index contributed by atoms with van der Waals surface area (Å²) < 4.78 is 19.2. The maximum atomic E-state index is 14.3. The third-order valence-electron chi connectivity index (χ3n) is 5.43. The van der Waals surface area contributed by atoms with E-state index in [9.17, 15) is 19.1 Å². The number of aliphatic hydroxyl groups is 1. The fourth-order valence-corrected chi connectivity index (χ4v) is 3.80. The number of aromatic nitrogens is 1. The van der Waals surface area contributed by atoms with E-state index in [-0.39, 0.29) is 23.4 Å². The monoisotopic (exact) mass is 432 g/mol. The van der Waals surface area contributed by atoms with Crippen molar-refractivity contribution >= 4 is 17.4 Å². The molecule has 2 heterocycles. The van der Waals surface area contributed by atoms with Crippen LogP contribution in [0.15, 0.2) is 72.6 Å². The van der Waals surface area contributed by atoms with Crippen molar-refractivity contribution in [2.24, 2.45) is 0 Å². The van der Waals surface area contributed by atoms with Gasteiger partial charge < -0.3 is 14.7 Å². The van der Waals surface area contributed by atoms with Crippen LogP contribution in [0.1, 0.15) is 28.3 Å². The number of halogens is 1. The zero-order valence-electron chi connectivity index (χ0n) is 17.6. The van der Waals surface area contributed by atoms with Crippen LogP contribution in [0.5, 0.6) is 5.75 Å². The molecule has 4 rings (SSSR count). The third-order valence-corrected chi connectivity index (χ3v) is 5.43. The van der Waals surface area contributed by atoms with E-state index in [1.54, 1.807) is 24.5 Å². The minimum Gasteiger partial charge on any atom is -0.507 e. The quantitative estimate of drug-likeness (QED) is 0.372. The van der Waals surface area contributed by atoms with E-state index < -0.39 is 29.3 Å². The number of ether oxygens (including phenoxy) is 1. The number of hydrogen-bond acceptors (Lipinski definition) is 5. The molecule has 0 aliphatic carbocycles. The number of carbonyl (C=O) groups excluding carboxylic acids is 2. The zero-order chi connectivity index (χ0) is 22.8. The van der Waals surface area contributed by atoms with E-state index in [4.69, 9.17) is 4.74 Å². The van der Waals surface area contributed by atoms with E-state index in [1.807, 2.05) is 31.2 Å². The molecule has 0 saturated carbocycles. The molecule has 0 bridgehead atoms. The molecule has 1 amide bonds. The molecule has 1 aromatic heterocycles. The lowest BCUT2D eigenvalue weighted by molar-refractivity contribution is -0.140. The van der Waals surface area contributed by atoms with Crippen LogP contribution in [0.3, 0.4) is 0 Å². The number of pyridine rings is 1. The first kappa shape index (κ1) is 21.2. The van der Waals surface area contributed by atoms with Gasteiger partial charge in [0.2, 0.25) is 0 Å². The Bertz CT molecular complexity index is 1210. The van der Waals surface area contributed by atoms with Crippen molar-refractivity contribution in [2.45, 2.75) is 19.5 Å². The summed E-state index contributed by atoms with van der Waals surface area (Å²) in [5, 5.41) is 11.0. The van der Waals surface area contributed by atoms with Gasteiger partial charge >= 0.3 is 0 Å². The van der Waals surface area contributed by atoms with Crippen molar-refractivity contribution in [3.63, 3.8) is 0 Å². The molecule has 1 saturated heterocycles. The van der Waals surface area contributed by atoms with Gasteiger partial charge in [-0.05, 0) is 42.3 Å². The Balaban J connectivity index is 1.86. The number of methoxy groups -OCH3 is 1. The predicted octanol–water partition coefficient (Wildman–Crippen LogP) is 4.16. The van der Waals surface area contributed by atoms with Crippen LogP contribution >= 0.6 is 0 Å². The number of ketones is 1. The van der Waals surface area contributed by atoms with E-state index in [0.717, 1.165) is 17.2 Å². The average Bonchev–Trinajstić information content (AvgIpc) is 3.04. The fourth-order valence-electron chi connectivity index (χ4n) is 3.80. The molecule has 162 valence electrons. The van der Waals surface area contributed by atoms with E-state index >= 15 is 0 Å². The fraction of sp³-hybridized carbons (Fsp3) is 0.160. The van der Waals surface area contributed by atoms with Crippen LogP contribution in [0, 0.1) is 12.7 Å². The summed E-state index contributed by atoms with van der Waals surface area (Å²) in [6, 6.07) is 13.9. The van der Waals surface area contributed by atoms with Gasteiger partial charge in [-0.3, -0.25) is 14.6 Å². The maximum absolute atomic E-state index is 14.3. The molecule has 1 aliphatic rings. The van der Waals surface area contributed by atoms with Gasteiger partial charge in [0.05, 0.1) is 18.7 Å². The SMILES string of the molecule is COc1ccc(C(O)=C2C(=O)C(=O)N(Cc3cccnc3)[C@@H]2c2ccc(C)cc2)cc1F. The summed E-state index contributed by atoms with van der Waals surface area (Å²) in [6.07, 6.45) is 3.23. The number of carbonyl (C=O) groups is 2. The molecule has 3 aromatic rings. The first-order valence-electron chi connectivity index (χ1n) is 9.98. The van der Waals surface area contributed by atoms with Crippen LogP contribution in [0.25, 0.3) is 5.76 Å². The lowest BCUT2D eigenvalue weighted by Gasteiger charge is -2.25. The molecule has 0 unspecified atom stereocenters. The van der Waals surface area contributed by atoms with Gasteiger partial charge in [0.15, 0.2) is 11.6 Å². The number of nitrogens with zero attached hydrogens (tertiary/aromatic N) is 2. The van der Waals surface area contributed by atoms with Crippen molar-refractivity contribution in [3.05, 3.63) is 101 Å². The molecule has 1 atom stereocenters. The second-order valence-corrected chi connectivity index (χ2v) is 7.55. The minimum absolute atomic E-state index is 0.00802. The smallest absolute Gasteiger partial charge is 0.295 e. The molecule has 0 radical (unpaired) electrons. The number of amides is 1. The normalized spacial score (nSPS) is 17.6. The zero-order valence-corrected chi connectivity index (χ0v) is 17.6. The molecule has 32 heavy (non-hydrogen) atoms. The molecule has 7 heteroatoms. The maximum Gasteiger partial charge on any atom is 0.295 e. The Morgan fingerprint density at radius 3 is 2.53 bits per heavy atom. The predicted molar refractivity (Wildman–Crippen MR) is 116 cm³/mol. The summed E-state index contributed by atoms with van der Waals surface area (Å²) in [6.45, 7) is 2.06. The van der Waals surface area contributed by atoms with Crippen LogP contribution in [-0.4, -0.2) is 33.8 Å². The van der Waals surface area contributed by atoms with Gasteiger partial charge in [0, 0.05) is 24.5 Å². The van der Waals surface area contributed by atoms with Gasteiger partial charge in [-0.1, -0.05) is 35.9 Å². The Morgan fingerprint density at radius 1 is 1.16 bits per heavy atom. The number of benzene rings is 2. The number of hydrogen-bond donors (Lipinski definition) is 1. The number of rotatable bonds is 5. The molecule has 1 N–H and O–H groups in total. The lowest BCUT2D eigenvalue weighted by atomic mass is 9.94. The standard InChI is InChI=1S/C25H21FN2O4/c1-15-5-7-17(8-6-15)22-21(23(29)18-9-10-20(32-2)19(26)12-18)24(30)25(31)28(22)14-16-4-3-11-27-13-16/h3-13,22,29H,14H2,1-2H3/t22-/m1/s1. The minimum atomic E-state index is -0.832. The topological polar surface area (TPSA) is 79.7 Å². The van der Waals surface area contributed by atoms with Gasteiger partial charge in [-0.25, -0.2) is 4.39 Å². The van der Waals surface area contributed by atoms with Crippen molar-refractivity contribution in [1.82, 2.24) is 9.88 Å². The van der Waals surface area contributed by atoms with E-state index in [1.165, 1.54) is 24.1 Å². The van der Waals surface area contributed by atoms with Crippen molar-refractivity contribution in [1.29, 1.82) is 0 Å². The Hall–Kier alpha value is -4.00. The molecule has 2 aromatic carbocycles. The highest BCUT2D eigenvalue weighted by atomic mass is 19.1. The van der Waals surface area contributed by atoms with Gasteiger partial charge in [-0.15, -0.1) is 0 Å². The second-order valence-electron chi connectivity index (χ2n) is 7.55. The molecule has 1 aliphatic heterocycles. The van der Waals surface area contributed by atoms with Crippen LogP contribution in [-0.2, 0) is 16.1 Å². The van der Waals surface area contributed by atoms with E-state index in [2.05, 4.69) is 4.98 Å². The number of aliphatic hydroxyl groups excluding tert-OH is 1. The summed E-state index contributed by atoms with van der Waals surface area (Å²) in [5.41, 5.74) is 2.40. The molecular weight excluding hydrogens is 411 g/mol. The highest BCUT2D eigenvalue weighted by Crippen LogP contribution is 2.40. The van der Waals surface area contributed by atoms with Crippen LogP contribution in [0.2, 0.25) is 0 Å². The second kappa shape index (κ2) is 8.63. The first-order chi connectivity index (χ1) is 15.4. The summed E-state index contributed by atoms with van der Waals surface area (Å²) in [7, 11) is 1.33. The van der Waals surface area contributed by atoms with Gasteiger partial charge in [0.25, 0.3) is 11.7 Å². The molecular formula is C25H21FN2O4. The van der Waals surface area contributed by atoms with Crippen molar-refractivity contribution in [2.75, 3.05) is 7.11 Å². The van der Waals surface area contributed by atoms with Crippen molar-refractivity contribution < 1.29 is 23.8 Å². The summed E-state index contributed by atoms with van der Waals surface area (Å²) in [4.78, 5) is 31.5. The average molecular weight is 432 g/mol. The Morgan fingerprint density at radius 2 is 1.91 bits per heavy atom. The van der Waals surface area contributed by atoms with E-state index in [0.29, 0.717) is 5.56 Å². The summed E-state index contributed by atoms with van der Waals surface area (Å²) >= 11 is 0. The van der Waals surface area contributed by atoms with Gasteiger partial charge in [-0.2, -0.15) is 0 Å². The third kappa shape index (κ3) is 3.85. The molecule has 6 nitrogen and oxygen atoms in total. The molecule has 1 fully saturated rings. The Labute approximate surface area is 184 Å². The largest absolute Gasteiger partial charge is 0.507 e. The molecule has 0 spiro atoms.